The van der Waals surface area contributed by atoms with Crippen LogP contribution in [0.1, 0.15) is 65.3 Å². The van der Waals surface area contributed by atoms with Crippen LogP contribution in [-0.2, 0) is 26.4 Å². The third kappa shape index (κ3) is 8.09. The molecule has 0 radical (unpaired) electrons. The number of imide groups is 1. The van der Waals surface area contributed by atoms with Crippen molar-refractivity contribution in [3.63, 3.8) is 0 Å². The van der Waals surface area contributed by atoms with Crippen molar-refractivity contribution < 1.29 is 31.9 Å². The maximum absolute atomic E-state index is 15.9. The van der Waals surface area contributed by atoms with Gasteiger partial charge in [-0.15, -0.1) is 5.10 Å². The van der Waals surface area contributed by atoms with Crippen LogP contribution < -0.4 is 25.2 Å². The van der Waals surface area contributed by atoms with E-state index in [0.29, 0.717) is 35.1 Å². The van der Waals surface area contributed by atoms with Crippen LogP contribution >= 0.6 is 0 Å². The number of benzene rings is 3. The Hall–Kier alpha value is -6.97. The van der Waals surface area contributed by atoms with Gasteiger partial charge >= 0.3 is 6.03 Å². The summed E-state index contributed by atoms with van der Waals surface area (Å²) in [5, 5.41) is 19.6. The SMILES string of the molecule is CCOC(C)n1cc(-c2ncn3nc(Nc4ccc(S(=O)(=O)c5cccc(C(C)N6CCN(c7ccc8c(N9CCC(=O)NC9=O)nn(C)c8c7)C7CC76)c5)cc4F)nc3c2OC(C)C)cn1. The summed E-state index contributed by atoms with van der Waals surface area (Å²) in [6, 6.07) is 16.7. The molecule has 4 atom stereocenters. The minimum Gasteiger partial charge on any atom is -0.485 e. The topological polar surface area (TPSA) is 199 Å². The minimum atomic E-state index is -4.11. The predicted molar refractivity (Wildman–Crippen MR) is 247 cm³/mol. The van der Waals surface area contributed by atoms with Gasteiger partial charge in [0, 0.05) is 80.7 Å². The number of urea groups is 1. The van der Waals surface area contributed by atoms with Crippen molar-refractivity contribution in [2.45, 2.75) is 87.7 Å². The molecule has 67 heavy (non-hydrogen) atoms. The van der Waals surface area contributed by atoms with Crippen LogP contribution in [0.4, 0.5) is 32.3 Å². The van der Waals surface area contributed by atoms with Crippen molar-refractivity contribution in [2.24, 2.45) is 7.05 Å². The molecule has 10 rings (SSSR count). The van der Waals surface area contributed by atoms with E-state index >= 15 is 4.39 Å². The quantitative estimate of drug-likeness (QED) is 0.121. The van der Waals surface area contributed by atoms with E-state index in [4.69, 9.17) is 9.47 Å². The van der Waals surface area contributed by atoms with E-state index in [2.05, 4.69) is 64.8 Å². The normalized spacial score (nSPS) is 18.7. The number of rotatable bonds is 14. The van der Waals surface area contributed by atoms with Crippen LogP contribution in [0.25, 0.3) is 27.8 Å². The van der Waals surface area contributed by atoms with Gasteiger partial charge in [-0.05, 0) is 95.1 Å². The van der Waals surface area contributed by atoms with Crippen molar-refractivity contribution >= 4 is 61.5 Å². The fraction of sp³-hybridized carbons (Fsp3) is 0.370. The highest BCUT2D eigenvalue weighted by atomic mass is 32.2. The molecule has 1 aliphatic carbocycles. The van der Waals surface area contributed by atoms with Gasteiger partial charge in [-0.1, -0.05) is 12.1 Å². The van der Waals surface area contributed by atoms with Gasteiger partial charge in [0.25, 0.3) is 0 Å². The number of aromatic nitrogens is 8. The molecule has 19 nitrogen and oxygen atoms in total. The third-order valence-electron chi connectivity index (χ3n) is 12.6. The molecular weight excluding hydrogens is 882 g/mol. The number of aryl methyl sites for hydroxylation is 1. The monoisotopic (exact) mass is 931 g/mol. The molecule has 0 bridgehead atoms. The molecule has 0 spiro atoms. The largest absolute Gasteiger partial charge is 0.485 e. The zero-order chi connectivity index (χ0) is 46.9. The van der Waals surface area contributed by atoms with E-state index in [-0.39, 0.29) is 70.8 Å². The van der Waals surface area contributed by atoms with Crippen LogP contribution in [0.3, 0.4) is 0 Å². The van der Waals surface area contributed by atoms with Crippen molar-refractivity contribution in [3.05, 3.63) is 90.8 Å². The second-order valence-electron chi connectivity index (χ2n) is 17.3. The Morgan fingerprint density at radius 1 is 0.970 bits per heavy atom. The van der Waals surface area contributed by atoms with Crippen LogP contribution in [0.15, 0.2) is 89.2 Å². The molecule has 3 aromatic carbocycles. The molecule has 2 N–H and O–H groups in total. The zero-order valence-electron chi connectivity index (χ0n) is 37.8. The number of fused-ring (bicyclic) bond motifs is 3. The number of carbonyl (C=O) groups excluding carboxylic acids is 2. The molecule has 7 aromatic rings. The first kappa shape index (κ1) is 43.9. The third-order valence-corrected chi connectivity index (χ3v) is 14.4. The Labute approximate surface area is 385 Å². The molecule has 2 aliphatic heterocycles. The van der Waals surface area contributed by atoms with Gasteiger partial charge in [0.2, 0.25) is 27.3 Å². The number of hydrogen-bond acceptors (Lipinski definition) is 14. The summed E-state index contributed by atoms with van der Waals surface area (Å²) in [6.45, 7) is 12.0. The summed E-state index contributed by atoms with van der Waals surface area (Å²) in [7, 11) is -2.27. The lowest BCUT2D eigenvalue weighted by Gasteiger charge is -2.39. The molecule has 2 saturated heterocycles. The average Bonchev–Trinajstić information content (AvgIpc) is 3.58. The summed E-state index contributed by atoms with van der Waals surface area (Å²) >= 11 is 0. The van der Waals surface area contributed by atoms with Crippen molar-refractivity contribution in [1.82, 2.24) is 49.4 Å². The lowest BCUT2D eigenvalue weighted by molar-refractivity contribution is -0.120. The highest BCUT2D eigenvalue weighted by Gasteiger charge is 2.50. The molecule has 4 aromatic heterocycles. The Kier molecular flexibility index (Phi) is 11.2. The van der Waals surface area contributed by atoms with Crippen molar-refractivity contribution in [2.75, 3.05) is 41.4 Å². The van der Waals surface area contributed by atoms with Crippen LogP contribution in [0.5, 0.6) is 5.75 Å². The Morgan fingerprint density at radius 3 is 2.57 bits per heavy atom. The Bertz CT molecular complexity index is 3190. The highest BCUT2D eigenvalue weighted by Crippen LogP contribution is 2.44. The second kappa shape index (κ2) is 17.0. The number of hydrogen-bond donors (Lipinski definition) is 2. The van der Waals surface area contributed by atoms with Crippen LogP contribution in [0.2, 0.25) is 0 Å². The van der Waals surface area contributed by atoms with Gasteiger partial charge in [0.15, 0.2) is 11.6 Å². The lowest BCUT2D eigenvalue weighted by Crippen LogP contribution is -2.49. The number of carbonyl (C=O) groups is 2. The summed E-state index contributed by atoms with van der Waals surface area (Å²) in [6.07, 6.45) is 5.61. The van der Waals surface area contributed by atoms with Gasteiger partial charge in [0.05, 0.1) is 33.3 Å². The Morgan fingerprint density at radius 2 is 1.79 bits per heavy atom. The molecule has 3 aliphatic rings. The highest BCUT2D eigenvalue weighted by molar-refractivity contribution is 7.91. The summed E-state index contributed by atoms with van der Waals surface area (Å²) in [5.74, 6) is -0.160. The first-order chi connectivity index (χ1) is 32.2. The van der Waals surface area contributed by atoms with Crippen molar-refractivity contribution in [3.8, 4) is 17.0 Å². The van der Waals surface area contributed by atoms with Gasteiger partial charge in [-0.25, -0.2) is 27.3 Å². The number of piperazine rings is 1. The van der Waals surface area contributed by atoms with Gasteiger partial charge in [0.1, 0.15) is 24.1 Å². The Balaban J connectivity index is 0.827. The molecule has 3 fully saturated rings. The number of halogens is 1. The number of sulfone groups is 1. The van der Waals surface area contributed by atoms with Crippen LogP contribution in [-0.4, -0.2) is 109 Å². The standard InChI is InChI=1S/C46H50FN13O6S/c1-7-65-28(5)59-24-30(23-49-59)41-42(66-26(2)3)44-52-45(54-60(44)25-48-41)50-36-14-12-33(21-35(36)47)67(63,64)32-10-8-9-29(19-32)27(4)56-17-18-57(39-22-38(39)56)31-11-13-34-37(20-31)55(6)53-43(34)58-16-15-40(61)51-46(58)62/h8-14,19-21,23-28,38-39H,7,15-18,22H2,1-6H3,(H,50,54)(H,51,61,62). The maximum Gasteiger partial charge on any atom is 0.329 e. The predicted octanol–water partition coefficient (Wildman–Crippen LogP) is 6.40. The van der Waals surface area contributed by atoms with E-state index in [0.717, 1.165) is 47.7 Å². The van der Waals surface area contributed by atoms with E-state index < -0.39 is 21.7 Å². The van der Waals surface area contributed by atoms with E-state index in [9.17, 15) is 18.0 Å². The van der Waals surface area contributed by atoms with Gasteiger partial charge in [-0.3, -0.25) is 24.6 Å². The van der Waals surface area contributed by atoms with Crippen molar-refractivity contribution in [1.29, 1.82) is 0 Å². The molecule has 3 amide bonds. The fourth-order valence-corrected chi connectivity index (χ4v) is 10.5. The molecule has 1 saturated carbocycles. The number of nitrogens with one attached hydrogen (secondary N) is 2. The van der Waals surface area contributed by atoms with Gasteiger partial charge in [-0.2, -0.15) is 19.7 Å². The molecular formula is C46H50FN13O6S. The number of amides is 3. The molecule has 6 heterocycles. The zero-order valence-corrected chi connectivity index (χ0v) is 38.6. The van der Waals surface area contributed by atoms with E-state index in [1.54, 1.807) is 27.7 Å². The average molecular weight is 932 g/mol. The molecule has 4 unspecified atom stereocenters. The smallest absolute Gasteiger partial charge is 0.329 e. The number of anilines is 4. The summed E-state index contributed by atoms with van der Waals surface area (Å²) in [4.78, 5) is 39.8. The van der Waals surface area contributed by atoms with E-state index in [1.165, 1.54) is 33.9 Å². The molecule has 21 heteroatoms. The van der Waals surface area contributed by atoms with Gasteiger partial charge < -0.3 is 19.7 Å². The first-order valence-corrected chi connectivity index (χ1v) is 23.8. The fourth-order valence-electron chi connectivity index (χ4n) is 9.16. The number of ether oxygens (including phenoxy) is 2. The number of nitrogens with zero attached hydrogens (tertiary/aromatic N) is 11. The second-order valence-corrected chi connectivity index (χ2v) is 19.2. The lowest BCUT2D eigenvalue weighted by atomic mass is 10.1. The first-order valence-electron chi connectivity index (χ1n) is 22.3. The van der Waals surface area contributed by atoms with Crippen LogP contribution in [0, 0.1) is 5.82 Å². The minimum absolute atomic E-state index is 0.0173. The molecule has 348 valence electrons. The maximum atomic E-state index is 15.9. The summed E-state index contributed by atoms with van der Waals surface area (Å²) in [5.41, 5.74) is 4.28. The summed E-state index contributed by atoms with van der Waals surface area (Å²) < 4.78 is 60.7. The van der Waals surface area contributed by atoms with E-state index in [1.807, 2.05) is 53.1 Å².